The van der Waals surface area contributed by atoms with Gasteiger partial charge in [-0.3, -0.25) is 4.79 Å². The van der Waals surface area contributed by atoms with Crippen LogP contribution in [0.25, 0.3) is 0 Å². The minimum atomic E-state index is -1.23. The lowest BCUT2D eigenvalue weighted by atomic mass is 10.0. The van der Waals surface area contributed by atoms with Crippen LogP contribution in [-0.2, 0) is 20.9 Å². The van der Waals surface area contributed by atoms with Gasteiger partial charge in [0.1, 0.15) is 18.7 Å². The first-order valence-electron chi connectivity index (χ1n) is 8.27. The number of hydrogen-bond donors (Lipinski definition) is 3. The zero-order valence-corrected chi connectivity index (χ0v) is 14.9. The van der Waals surface area contributed by atoms with E-state index < -0.39 is 30.1 Å². The van der Waals surface area contributed by atoms with Crippen molar-refractivity contribution in [3.63, 3.8) is 0 Å². The van der Waals surface area contributed by atoms with Crippen LogP contribution in [-0.4, -0.2) is 35.2 Å². The second-order valence-corrected chi connectivity index (χ2v) is 6.20. The number of hydrogen-bond acceptors (Lipinski definition) is 4. The molecule has 140 valence electrons. The Kier molecular flexibility index (Phi) is 8.71. The maximum atomic E-state index is 12.4. The number of carboxylic acids is 1. The fraction of sp³-hybridized carbons (Fsp3) is 0.421. The Balaban J connectivity index is 2.66. The topological polar surface area (TPSA) is 105 Å². The second kappa shape index (κ2) is 10.8. The lowest BCUT2D eigenvalue weighted by Crippen LogP contribution is -2.52. The molecule has 0 radical (unpaired) electrons. The highest BCUT2D eigenvalue weighted by Crippen LogP contribution is 2.07. The average molecular weight is 360 g/mol. The van der Waals surface area contributed by atoms with Crippen molar-refractivity contribution in [1.29, 1.82) is 0 Å². The third-order valence-electron chi connectivity index (χ3n) is 3.46. The summed E-state index contributed by atoms with van der Waals surface area (Å²) in [5.74, 6) is 0.456. The molecule has 7 heteroatoms. The Labute approximate surface area is 153 Å². The molecule has 0 saturated heterocycles. The van der Waals surface area contributed by atoms with Gasteiger partial charge in [-0.05, 0) is 17.9 Å². The van der Waals surface area contributed by atoms with Gasteiger partial charge in [0.05, 0.1) is 0 Å². The fourth-order valence-electron chi connectivity index (χ4n) is 2.20. The van der Waals surface area contributed by atoms with Gasteiger partial charge >= 0.3 is 12.1 Å². The van der Waals surface area contributed by atoms with Gasteiger partial charge in [-0.1, -0.05) is 44.2 Å². The summed E-state index contributed by atoms with van der Waals surface area (Å²) in [5.41, 5.74) is 0.812. The summed E-state index contributed by atoms with van der Waals surface area (Å²) >= 11 is 0. The predicted molar refractivity (Wildman–Crippen MR) is 96.0 cm³/mol. The number of benzene rings is 1. The molecule has 1 rings (SSSR count). The summed E-state index contributed by atoms with van der Waals surface area (Å²) in [5, 5.41) is 13.9. The molecule has 2 amide bonds. The number of ether oxygens (including phenoxy) is 1. The van der Waals surface area contributed by atoms with Crippen molar-refractivity contribution in [2.24, 2.45) is 5.92 Å². The standard InChI is InChI=1S/C19H24N2O5/c1-4-8-15(18(23)24)20-17(22)16(11-13(2)3)21-19(25)26-12-14-9-6-5-7-10-14/h1,5-7,9-10,13,15-16H,8,11-12H2,2-3H3,(H,20,22)(H,21,25)(H,23,24)/t15-,16-/m0/s1. The molecule has 0 saturated carbocycles. The van der Waals surface area contributed by atoms with Gasteiger partial charge in [-0.2, -0.15) is 0 Å². The number of nitrogens with one attached hydrogen (secondary N) is 2. The number of amides is 2. The zero-order chi connectivity index (χ0) is 19.5. The third kappa shape index (κ3) is 7.71. The predicted octanol–water partition coefficient (Wildman–Crippen LogP) is 1.92. The van der Waals surface area contributed by atoms with E-state index in [9.17, 15) is 14.4 Å². The highest BCUT2D eigenvalue weighted by atomic mass is 16.5. The van der Waals surface area contributed by atoms with Crippen LogP contribution in [0, 0.1) is 18.3 Å². The van der Waals surface area contributed by atoms with Gasteiger partial charge in [0.15, 0.2) is 0 Å². The van der Waals surface area contributed by atoms with Crippen LogP contribution in [0.3, 0.4) is 0 Å². The van der Waals surface area contributed by atoms with Crippen molar-refractivity contribution in [3.05, 3.63) is 35.9 Å². The molecule has 0 heterocycles. The highest BCUT2D eigenvalue weighted by molar-refractivity contribution is 5.89. The molecule has 0 spiro atoms. The maximum absolute atomic E-state index is 12.4. The van der Waals surface area contributed by atoms with E-state index in [1.165, 1.54) is 0 Å². The Bertz CT molecular complexity index is 652. The summed E-state index contributed by atoms with van der Waals surface area (Å²) in [6, 6.07) is 6.99. The summed E-state index contributed by atoms with van der Waals surface area (Å²) in [6.07, 6.45) is 4.55. The first-order valence-corrected chi connectivity index (χ1v) is 8.27. The molecule has 26 heavy (non-hydrogen) atoms. The molecular formula is C19H24N2O5. The SMILES string of the molecule is C#CC[C@H](NC(=O)[C@H](CC(C)C)NC(=O)OCc1ccccc1)C(=O)O. The molecule has 1 aromatic carbocycles. The van der Waals surface area contributed by atoms with Crippen molar-refractivity contribution >= 4 is 18.0 Å². The summed E-state index contributed by atoms with van der Waals surface area (Å²) in [6.45, 7) is 3.83. The largest absolute Gasteiger partial charge is 0.480 e. The van der Waals surface area contributed by atoms with Gasteiger partial charge in [0, 0.05) is 6.42 Å². The average Bonchev–Trinajstić information content (AvgIpc) is 2.59. The van der Waals surface area contributed by atoms with Gasteiger partial charge in [-0.25, -0.2) is 9.59 Å². The minimum absolute atomic E-state index is 0.0670. The number of aliphatic carboxylic acids is 1. The molecule has 0 aromatic heterocycles. The van der Waals surface area contributed by atoms with Gasteiger partial charge in [0.25, 0.3) is 0 Å². The molecule has 0 unspecified atom stereocenters. The molecule has 0 bridgehead atoms. The van der Waals surface area contributed by atoms with E-state index in [1.807, 2.05) is 44.2 Å². The van der Waals surface area contributed by atoms with Gasteiger partial charge in [0.2, 0.25) is 5.91 Å². The fourth-order valence-corrected chi connectivity index (χ4v) is 2.20. The number of alkyl carbamates (subject to hydrolysis) is 1. The van der Waals surface area contributed by atoms with Gasteiger partial charge < -0.3 is 20.5 Å². The molecule has 0 aliphatic rings. The number of carbonyl (C=O) groups excluding carboxylic acids is 2. The van der Waals surface area contributed by atoms with Crippen molar-refractivity contribution in [3.8, 4) is 12.3 Å². The normalized spacial score (nSPS) is 12.5. The van der Waals surface area contributed by atoms with E-state index in [2.05, 4.69) is 16.6 Å². The van der Waals surface area contributed by atoms with Crippen LogP contribution in [0.5, 0.6) is 0 Å². The Morgan fingerprint density at radius 3 is 2.35 bits per heavy atom. The molecule has 0 fully saturated rings. The van der Waals surface area contributed by atoms with Crippen LogP contribution < -0.4 is 10.6 Å². The van der Waals surface area contributed by atoms with Crippen molar-refractivity contribution in [2.75, 3.05) is 0 Å². The summed E-state index contributed by atoms with van der Waals surface area (Å²) in [4.78, 5) is 35.5. The van der Waals surface area contributed by atoms with E-state index in [1.54, 1.807) is 0 Å². The molecular weight excluding hydrogens is 336 g/mol. The minimum Gasteiger partial charge on any atom is -0.480 e. The molecule has 2 atom stereocenters. The van der Waals surface area contributed by atoms with Gasteiger partial charge in [-0.15, -0.1) is 12.3 Å². The van der Waals surface area contributed by atoms with E-state index >= 15 is 0 Å². The lowest BCUT2D eigenvalue weighted by Gasteiger charge is -2.22. The van der Waals surface area contributed by atoms with Crippen LogP contribution in [0.15, 0.2) is 30.3 Å². The molecule has 3 N–H and O–H groups in total. The quantitative estimate of drug-likeness (QED) is 0.584. The summed E-state index contributed by atoms with van der Waals surface area (Å²) in [7, 11) is 0. The number of carboxylic acid groups (broad SMARTS) is 1. The third-order valence-corrected chi connectivity index (χ3v) is 3.46. The molecule has 0 aliphatic heterocycles. The van der Waals surface area contributed by atoms with Crippen LogP contribution in [0.2, 0.25) is 0 Å². The Morgan fingerprint density at radius 1 is 1.15 bits per heavy atom. The Morgan fingerprint density at radius 2 is 1.81 bits per heavy atom. The number of rotatable bonds is 9. The highest BCUT2D eigenvalue weighted by Gasteiger charge is 2.27. The van der Waals surface area contributed by atoms with Crippen LogP contribution >= 0.6 is 0 Å². The van der Waals surface area contributed by atoms with Crippen molar-refractivity contribution in [1.82, 2.24) is 10.6 Å². The molecule has 1 aromatic rings. The maximum Gasteiger partial charge on any atom is 0.408 e. The molecule has 7 nitrogen and oxygen atoms in total. The van der Waals surface area contributed by atoms with E-state index in [-0.39, 0.29) is 18.9 Å². The van der Waals surface area contributed by atoms with Crippen molar-refractivity contribution in [2.45, 2.75) is 45.4 Å². The number of terminal acetylenes is 1. The molecule has 0 aliphatic carbocycles. The van der Waals surface area contributed by atoms with Crippen LogP contribution in [0.1, 0.15) is 32.3 Å². The second-order valence-electron chi connectivity index (χ2n) is 6.20. The van der Waals surface area contributed by atoms with Crippen LogP contribution in [0.4, 0.5) is 4.79 Å². The summed E-state index contributed by atoms with van der Waals surface area (Å²) < 4.78 is 5.11. The van der Waals surface area contributed by atoms with Crippen molar-refractivity contribution < 1.29 is 24.2 Å². The first-order chi connectivity index (χ1) is 12.3. The van der Waals surface area contributed by atoms with E-state index in [0.717, 1.165) is 5.56 Å². The van der Waals surface area contributed by atoms with E-state index in [4.69, 9.17) is 16.3 Å². The lowest BCUT2D eigenvalue weighted by molar-refractivity contribution is -0.142. The monoisotopic (exact) mass is 360 g/mol. The Hall–Kier alpha value is -3.01. The smallest absolute Gasteiger partial charge is 0.408 e. The first kappa shape index (κ1) is 21.0. The number of carbonyl (C=O) groups is 3. The van der Waals surface area contributed by atoms with E-state index in [0.29, 0.717) is 6.42 Å². The zero-order valence-electron chi connectivity index (χ0n) is 14.9.